The molecule has 0 spiro atoms. The van der Waals surface area contributed by atoms with Gasteiger partial charge in [-0.05, 0) is 367 Å². The third kappa shape index (κ3) is 10.5. The van der Waals surface area contributed by atoms with E-state index in [1.165, 1.54) is 301 Å². The van der Waals surface area contributed by atoms with Gasteiger partial charge in [-0.25, -0.2) is 24.9 Å². The van der Waals surface area contributed by atoms with Crippen molar-refractivity contribution < 1.29 is 0 Å². The Morgan fingerprint density at radius 3 is 0.843 bits per heavy atom. The van der Waals surface area contributed by atoms with Crippen LogP contribution in [0.15, 0.2) is 317 Å². The number of nitrogens with zero attached hydrogens (tertiary/aromatic N) is 12. The first-order chi connectivity index (χ1) is 69.4. The highest BCUT2D eigenvalue weighted by Gasteiger charge is 2.46. The molecule has 0 saturated heterocycles. The smallest absolute Gasteiger partial charge is 0.142 e. The molecule has 16 aliphatic rings. The maximum absolute atomic E-state index is 4.86. The van der Waals surface area contributed by atoms with Crippen LogP contribution in [0.3, 0.4) is 0 Å². The Morgan fingerprint density at radius 1 is 0.157 bits per heavy atom. The Bertz CT molecular complexity index is 8060. The number of hydrogen-bond donors (Lipinski definition) is 0. The zero-order chi connectivity index (χ0) is 90.7. The molecular formula is C128H84N12. The number of hydrogen-bond acceptors (Lipinski definition) is 12. The van der Waals surface area contributed by atoms with Crippen molar-refractivity contribution in [2.24, 2.45) is 0 Å². The van der Waals surface area contributed by atoms with Gasteiger partial charge >= 0.3 is 0 Å². The fourth-order valence-electron chi connectivity index (χ4n) is 28.3. The van der Waals surface area contributed by atoms with Crippen LogP contribution < -0.4 is 19.6 Å². The fourth-order valence-corrected chi connectivity index (χ4v) is 28.3. The normalized spacial score (nSPS) is 14.9. The van der Waals surface area contributed by atoms with E-state index in [1.807, 2.05) is 68.0 Å². The van der Waals surface area contributed by atoms with Gasteiger partial charge in [-0.3, -0.25) is 34.6 Å². The lowest BCUT2D eigenvalue weighted by atomic mass is 9.83. The van der Waals surface area contributed by atoms with Crippen molar-refractivity contribution in [2.45, 2.75) is 103 Å². The number of pyridine rings is 8. The summed E-state index contributed by atoms with van der Waals surface area (Å²) < 4.78 is 0. The molecule has 0 radical (unpaired) electrons. The molecule has 36 rings (SSSR count). The van der Waals surface area contributed by atoms with Gasteiger partial charge in [0.1, 0.15) is 29.1 Å². The van der Waals surface area contributed by atoms with Gasteiger partial charge in [-0.1, -0.05) is 200 Å². The van der Waals surface area contributed by atoms with Crippen LogP contribution in [-0.4, -0.2) is 39.9 Å². The lowest BCUT2D eigenvalue weighted by Gasteiger charge is -2.39. The van der Waals surface area contributed by atoms with E-state index >= 15 is 0 Å². The van der Waals surface area contributed by atoms with Gasteiger partial charge in [0, 0.05) is 107 Å². The highest BCUT2D eigenvalue weighted by Crippen LogP contribution is 2.64. The molecule has 8 aliphatic carbocycles. The summed E-state index contributed by atoms with van der Waals surface area (Å²) in [4.78, 5) is 47.6. The van der Waals surface area contributed by atoms with Crippen LogP contribution in [-0.2, 0) is 103 Å². The zero-order valence-electron chi connectivity index (χ0n) is 76.7. The van der Waals surface area contributed by atoms with E-state index in [9.17, 15) is 0 Å². The Morgan fingerprint density at radius 2 is 0.436 bits per heavy atom. The number of anilines is 12. The molecule has 0 unspecified atom stereocenters. The van der Waals surface area contributed by atoms with E-state index in [0.717, 1.165) is 138 Å². The molecule has 20 aromatic rings. The maximum Gasteiger partial charge on any atom is 0.142 e. The van der Waals surface area contributed by atoms with Crippen molar-refractivity contribution in [3.05, 3.63) is 495 Å². The summed E-state index contributed by atoms with van der Waals surface area (Å²) in [7, 11) is 0. The average Bonchev–Trinajstić information content (AvgIpc) is 1.43. The van der Waals surface area contributed by atoms with Gasteiger partial charge in [0.05, 0.1) is 51.7 Å². The Labute approximate surface area is 809 Å². The lowest BCUT2D eigenvalue weighted by Crippen LogP contribution is -2.27. The minimum Gasteiger partial charge on any atom is -0.294 e. The van der Waals surface area contributed by atoms with Gasteiger partial charge in [0.2, 0.25) is 0 Å². The molecule has 656 valence electrons. The van der Waals surface area contributed by atoms with Crippen molar-refractivity contribution in [1.29, 1.82) is 0 Å². The third-order valence-corrected chi connectivity index (χ3v) is 33.8. The van der Waals surface area contributed by atoms with E-state index in [4.69, 9.17) is 29.9 Å². The van der Waals surface area contributed by atoms with Crippen LogP contribution in [0.5, 0.6) is 0 Å². The van der Waals surface area contributed by atoms with E-state index < -0.39 is 0 Å². The molecule has 16 heterocycles. The second kappa shape index (κ2) is 28.4. The first kappa shape index (κ1) is 76.2. The van der Waals surface area contributed by atoms with E-state index in [0.29, 0.717) is 0 Å². The van der Waals surface area contributed by atoms with Crippen LogP contribution in [0.25, 0.3) is 89.0 Å². The highest BCUT2D eigenvalue weighted by atomic mass is 15.3. The van der Waals surface area contributed by atoms with Gasteiger partial charge in [-0.15, -0.1) is 0 Å². The van der Waals surface area contributed by atoms with Crippen LogP contribution >= 0.6 is 0 Å². The summed E-state index contributed by atoms with van der Waals surface area (Å²) in [6.45, 7) is 0. The third-order valence-electron chi connectivity index (χ3n) is 33.8. The topological polar surface area (TPSA) is 116 Å². The van der Waals surface area contributed by atoms with Crippen LogP contribution in [0.1, 0.15) is 178 Å². The van der Waals surface area contributed by atoms with Crippen molar-refractivity contribution in [3.8, 4) is 89.0 Å². The van der Waals surface area contributed by atoms with Gasteiger partial charge in [0.25, 0.3) is 0 Å². The second-order valence-corrected chi connectivity index (χ2v) is 40.8. The Balaban J connectivity index is 0.0000000829. The SMILES string of the molecule is c1ccc2c(c1)Cc1c-2ccc2c1Cc1cc3c4c(c1-2)Cc1cccnc1N4c1ncccc1C3.c1ccc2c(c1)Cc1c-2ccc2c1Cc1cc3c4c(c1-2)Cc1ccncc1N4c1ncccc1C3.c1ccc2c(c1)Cc1c-2ccc2c1Cc1cc3c4c(c1-2)Cc1cnccc1N4c1ncccc1C3.c1ccc2c(c1)Cc1c-2ccc2c1Cc1cc3c4c(c1-2)Cc1ncccc1N4c1ncccc1C3. The summed E-state index contributed by atoms with van der Waals surface area (Å²) in [5.41, 5.74) is 77.5. The summed E-state index contributed by atoms with van der Waals surface area (Å²) in [5, 5.41) is 0. The first-order valence-electron chi connectivity index (χ1n) is 49.7. The predicted molar refractivity (Wildman–Crippen MR) is 555 cm³/mol. The van der Waals surface area contributed by atoms with Crippen LogP contribution in [0.4, 0.5) is 68.9 Å². The molecule has 8 aromatic heterocycles. The summed E-state index contributed by atoms with van der Waals surface area (Å²) in [6, 6.07) is 94.6. The highest BCUT2D eigenvalue weighted by molar-refractivity contribution is 6.03. The largest absolute Gasteiger partial charge is 0.294 e. The Hall–Kier alpha value is -17.0. The average molecular weight is 1790 g/mol. The molecule has 12 aromatic carbocycles. The van der Waals surface area contributed by atoms with E-state index in [-0.39, 0.29) is 0 Å². The monoisotopic (exact) mass is 1790 g/mol. The van der Waals surface area contributed by atoms with Crippen molar-refractivity contribution in [2.75, 3.05) is 19.6 Å². The minimum absolute atomic E-state index is 0.872. The van der Waals surface area contributed by atoms with E-state index in [1.54, 1.807) is 0 Å². The van der Waals surface area contributed by atoms with Crippen molar-refractivity contribution >= 4 is 68.9 Å². The van der Waals surface area contributed by atoms with Crippen molar-refractivity contribution in [1.82, 2.24) is 39.9 Å². The molecule has 12 heteroatoms. The fraction of sp³-hybridized carbons (Fsp3) is 0.125. The van der Waals surface area contributed by atoms with Crippen LogP contribution in [0, 0.1) is 0 Å². The van der Waals surface area contributed by atoms with Crippen molar-refractivity contribution in [3.63, 3.8) is 0 Å². The molecule has 0 amide bonds. The first-order valence-corrected chi connectivity index (χ1v) is 49.7. The number of fused-ring (bicyclic) bond motifs is 48. The molecule has 0 atom stereocenters. The quantitative estimate of drug-likeness (QED) is 0.144. The molecule has 12 nitrogen and oxygen atoms in total. The summed E-state index contributed by atoms with van der Waals surface area (Å²) in [6.07, 6.45) is 35.1. The molecule has 0 N–H and O–H groups in total. The molecule has 8 aliphatic heterocycles. The van der Waals surface area contributed by atoms with Gasteiger partial charge < -0.3 is 0 Å². The number of benzene rings is 12. The van der Waals surface area contributed by atoms with Gasteiger partial charge in [0.15, 0.2) is 0 Å². The van der Waals surface area contributed by atoms with Crippen LogP contribution in [0.2, 0.25) is 0 Å². The van der Waals surface area contributed by atoms with E-state index in [2.05, 4.69) is 278 Å². The Kier molecular flexibility index (Phi) is 15.4. The summed E-state index contributed by atoms with van der Waals surface area (Å²) in [5.74, 6) is 5.23. The zero-order valence-corrected chi connectivity index (χ0v) is 76.7. The maximum atomic E-state index is 4.86. The molecular weight excluding hydrogens is 1710 g/mol. The second-order valence-electron chi connectivity index (χ2n) is 40.8. The number of aromatic nitrogens is 8. The standard InChI is InChI=1S/4C32H21N3/c1-2-8-23-18(5-1)15-26-24(23)9-10-25-27(26)17-21-14-22-13-19-6-3-11-33-31(19)35-30(22)28(29(21)25)16-20-7-4-12-34-32(20)35;1-2-7-22-18(5-1)15-25-23(22)9-10-24-26(25)16-20-14-21-13-19-6-3-12-34-32(19)35-29-8-4-11-33-28(29)17-27(30(20)24)31(21)35;1-2-6-23-18(4-1)14-26-24(23)7-8-25-27(26)16-21-13-22-12-20-5-3-10-34-32(20)35-29-17-33-11-9-19(29)15-28(30(21)25)31(22)35;1-2-6-23-18(4-1)14-26-24(23)7-8-25-27(26)15-20-13-21-12-19-5-3-10-34-32(19)35-29-9-11-33-17-22(29)16-28(30(20)25)31(21)35/h2*1-12,14H,13,15-17H2;2*1-11,13,17H,12,14-16H2. The summed E-state index contributed by atoms with van der Waals surface area (Å²) >= 11 is 0. The molecule has 140 heavy (non-hydrogen) atoms. The molecule has 0 saturated carbocycles. The minimum atomic E-state index is 0.872. The molecule has 0 bridgehead atoms. The number of rotatable bonds is 0. The lowest BCUT2D eigenvalue weighted by molar-refractivity contribution is 0.949. The van der Waals surface area contributed by atoms with Gasteiger partial charge in [-0.2, -0.15) is 0 Å². The predicted octanol–water partition coefficient (Wildman–Crippen LogP) is 27.6. The molecule has 0 fully saturated rings.